The first-order valence-corrected chi connectivity index (χ1v) is 4.53. The molecule has 0 saturated carbocycles. The van der Waals surface area contributed by atoms with Crippen molar-refractivity contribution in [3.8, 4) is 0 Å². The van der Waals surface area contributed by atoms with Crippen LogP contribution in [-0.4, -0.2) is 25.4 Å². The number of carbonyl (C=O) groups excluding carboxylic acids is 1. The topological polar surface area (TPSA) is 21.5 Å². The fourth-order valence-electron chi connectivity index (χ4n) is 1.74. The van der Waals surface area contributed by atoms with Crippen molar-refractivity contribution in [2.24, 2.45) is 5.92 Å². The quantitative estimate of drug-likeness (QED) is 0.538. The Morgan fingerprint density at radius 2 is 2.17 bits per heavy atom. The molecule has 1 saturated heterocycles. The molecule has 12 heavy (non-hydrogen) atoms. The Bertz CT molecular complexity index is 147. The van der Waals surface area contributed by atoms with Crippen molar-refractivity contribution in [2.45, 2.75) is 26.7 Å². The Balaban J connectivity index is 0.00000121. The van der Waals surface area contributed by atoms with Gasteiger partial charge in [0.25, 0.3) is 0 Å². The standard InChI is InChI=1S/C9H17NO.BrH/c1-8(2)6-10-5-3-4-9(11)7-10;/h8H,3-7H2,1-2H3;1H. The molecule has 3 heteroatoms. The second kappa shape index (κ2) is 5.70. The summed E-state index contributed by atoms with van der Waals surface area (Å²) >= 11 is 0. The van der Waals surface area contributed by atoms with Gasteiger partial charge in [0.2, 0.25) is 0 Å². The van der Waals surface area contributed by atoms with Crippen LogP contribution in [0.3, 0.4) is 0 Å². The van der Waals surface area contributed by atoms with E-state index in [1.165, 1.54) is 11.4 Å². The predicted octanol–water partition coefficient (Wildman–Crippen LogP) is -3.11. The molecule has 1 N–H and O–H groups in total. The van der Waals surface area contributed by atoms with Gasteiger partial charge in [-0.1, -0.05) is 13.8 Å². The van der Waals surface area contributed by atoms with Gasteiger partial charge in [-0.25, -0.2) is 0 Å². The molecule has 1 rings (SSSR count). The molecule has 0 radical (unpaired) electrons. The summed E-state index contributed by atoms with van der Waals surface area (Å²) in [5, 5.41) is 0. The van der Waals surface area contributed by atoms with E-state index in [-0.39, 0.29) is 17.0 Å². The van der Waals surface area contributed by atoms with E-state index in [4.69, 9.17) is 0 Å². The van der Waals surface area contributed by atoms with Crippen LogP contribution in [0, 0.1) is 5.92 Å². The van der Waals surface area contributed by atoms with Crippen molar-refractivity contribution in [1.82, 2.24) is 0 Å². The molecule has 1 atom stereocenters. The number of carbonyl (C=O) groups is 1. The Morgan fingerprint density at radius 1 is 1.50 bits per heavy atom. The minimum Gasteiger partial charge on any atom is -1.00 e. The van der Waals surface area contributed by atoms with Crippen LogP contribution >= 0.6 is 0 Å². The molecular weight excluding hydrogens is 218 g/mol. The number of halogens is 1. The molecular formula is C9H18BrNO. The van der Waals surface area contributed by atoms with E-state index in [9.17, 15) is 4.79 Å². The van der Waals surface area contributed by atoms with Crippen molar-refractivity contribution in [2.75, 3.05) is 19.6 Å². The van der Waals surface area contributed by atoms with Crippen molar-refractivity contribution in [3.05, 3.63) is 0 Å². The van der Waals surface area contributed by atoms with Gasteiger partial charge in [-0.15, -0.1) is 0 Å². The molecule has 1 aliphatic rings. The van der Waals surface area contributed by atoms with Crippen molar-refractivity contribution in [1.29, 1.82) is 0 Å². The number of likely N-dealkylation sites (tertiary alicyclic amines) is 1. The van der Waals surface area contributed by atoms with E-state index in [1.54, 1.807) is 0 Å². The lowest BCUT2D eigenvalue weighted by Gasteiger charge is -2.23. The van der Waals surface area contributed by atoms with Crippen LogP contribution in [0.25, 0.3) is 0 Å². The molecule has 0 spiro atoms. The largest absolute Gasteiger partial charge is 1.00 e. The minimum atomic E-state index is 0. The van der Waals surface area contributed by atoms with Gasteiger partial charge in [-0.3, -0.25) is 4.79 Å². The summed E-state index contributed by atoms with van der Waals surface area (Å²) in [6.07, 6.45) is 1.92. The van der Waals surface area contributed by atoms with E-state index < -0.39 is 0 Å². The zero-order valence-corrected chi connectivity index (χ0v) is 9.49. The van der Waals surface area contributed by atoms with E-state index in [1.807, 2.05) is 0 Å². The van der Waals surface area contributed by atoms with Crippen LogP contribution < -0.4 is 21.9 Å². The van der Waals surface area contributed by atoms with Gasteiger partial charge < -0.3 is 21.9 Å². The molecule has 1 unspecified atom stereocenters. The van der Waals surface area contributed by atoms with Crippen LogP contribution in [-0.2, 0) is 4.79 Å². The summed E-state index contributed by atoms with van der Waals surface area (Å²) in [5.41, 5.74) is 0. The normalized spacial score (nSPS) is 23.9. The van der Waals surface area contributed by atoms with Gasteiger partial charge in [0, 0.05) is 18.8 Å². The minimum absolute atomic E-state index is 0. The summed E-state index contributed by atoms with van der Waals surface area (Å²) in [5.74, 6) is 1.17. The molecule has 0 aromatic rings. The second-order valence-electron chi connectivity index (χ2n) is 3.92. The third kappa shape index (κ3) is 4.21. The highest BCUT2D eigenvalue weighted by Crippen LogP contribution is 1.92. The van der Waals surface area contributed by atoms with Gasteiger partial charge in [0.05, 0.1) is 13.1 Å². The Hall–Kier alpha value is 0.110. The summed E-state index contributed by atoms with van der Waals surface area (Å²) in [6.45, 7) is 7.56. The Kier molecular flexibility index (Phi) is 5.76. The summed E-state index contributed by atoms with van der Waals surface area (Å²) < 4.78 is 0. The maximum Gasteiger partial charge on any atom is 0.187 e. The zero-order valence-electron chi connectivity index (χ0n) is 7.90. The average molecular weight is 236 g/mol. The highest BCUT2D eigenvalue weighted by Gasteiger charge is 2.20. The number of Topliss-reactive ketones (excluding diaryl/α,β-unsaturated/α-hetero) is 1. The first-order chi connectivity index (χ1) is 5.18. The lowest BCUT2D eigenvalue weighted by Crippen LogP contribution is -3.14. The smallest absolute Gasteiger partial charge is 0.187 e. The average Bonchev–Trinajstić information content (AvgIpc) is 1.85. The van der Waals surface area contributed by atoms with Crippen LogP contribution in [0.4, 0.5) is 0 Å². The van der Waals surface area contributed by atoms with Crippen molar-refractivity contribution < 1.29 is 26.7 Å². The predicted molar refractivity (Wildman–Crippen MR) is 44.6 cm³/mol. The number of ketones is 1. The van der Waals surface area contributed by atoms with Crippen LogP contribution in [0.15, 0.2) is 0 Å². The van der Waals surface area contributed by atoms with Gasteiger partial charge >= 0.3 is 0 Å². The number of piperidine rings is 1. The molecule has 0 bridgehead atoms. The number of hydrogen-bond acceptors (Lipinski definition) is 1. The maximum absolute atomic E-state index is 11.0. The van der Waals surface area contributed by atoms with Crippen LogP contribution in [0.1, 0.15) is 26.7 Å². The fraction of sp³-hybridized carbons (Fsp3) is 0.889. The molecule has 0 aromatic heterocycles. The van der Waals surface area contributed by atoms with Crippen molar-refractivity contribution >= 4 is 5.78 Å². The molecule has 72 valence electrons. The third-order valence-corrected chi connectivity index (χ3v) is 2.13. The highest BCUT2D eigenvalue weighted by atomic mass is 79.9. The zero-order chi connectivity index (χ0) is 8.27. The van der Waals surface area contributed by atoms with E-state index in [0.717, 1.165) is 31.8 Å². The SMILES string of the molecule is CC(C)C[NH+]1CCCC(=O)C1.[Br-]. The molecule has 1 fully saturated rings. The molecule has 1 heterocycles. The summed E-state index contributed by atoms with van der Waals surface area (Å²) in [6, 6.07) is 0. The van der Waals surface area contributed by atoms with Crippen LogP contribution in [0.5, 0.6) is 0 Å². The lowest BCUT2D eigenvalue weighted by atomic mass is 10.1. The van der Waals surface area contributed by atoms with E-state index in [2.05, 4.69) is 13.8 Å². The first-order valence-electron chi connectivity index (χ1n) is 4.53. The third-order valence-electron chi connectivity index (χ3n) is 2.13. The molecule has 0 amide bonds. The maximum atomic E-state index is 11.0. The van der Waals surface area contributed by atoms with E-state index >= 15 is 0 Å². The Labute approximate surface area is 85.1 Å². The summed E-state index contributed by atoms with van der Waals surface area (Å²) in [7, 11) is 0. The van der Waals surface area contributed by atoms with Gasteiger partial charge in [0.15, 0.2) is 5.78 Å². The van der Waals surface area contributed by atoms with Crippen molar-refractivity contribution in [3.63, 3.8) is 0 Å². The number of rotatable bonds is 2. The lowest BCUT2D eigenvalue weighted by molar-refractivity contribution is -0.897. The highest BCUT2D eigenvalue weighted by molar-refractivity contribution is 5.79. The van der Waals surface area contributed by atoms with E-state index in [0.29, 0.717) is 5.78 Å². The van der Waals surface area contributed by atoms with Gasteiger partial charge in [-0.05, 0) is 0 Å². The summed E-state index contributed by atoms with van der Waals surface area (Å²) in [4.78, 5) is 12.5. The molecule has 0 aliphatic carbocycles. The first kappa shape index (κ1) is 12.1. The molecule has 0 aromatic carbocycles. The molecule has 2 nitrogen and oxygen atoms in total. The number of hydrogen-bond donors (Lipinski definition) is 1. The van der Waals surface area contributed by atoms with Crippen LogP contribution in [0.2, 0.25) is 0 Å². The monoisotopic (exact) mass is 235 g/mol. The second-order valence-corrected chi connectivity index (χ2v) is 3.92. The molecule has 1 aliphatic heterocycles. The number of quaternary nitrogens is 1. The fourth-order valence-corrected chi connectivity index (χ4v) is 1.74. The Morgan fingerprint density at radius 3 is 2.67 bits per heavy atom. The van der Waals surface area contributed by atoms with Gasteiger partial charge in [0.1, 0.15) is 6.54 Å². The number of nitrogens with one attached hydrogen (secondary N) is 1. The van der Waals surface area contributed by atoms with Gasteiger partial charge in [-0.2, -0.15) is 0 Å².